The molecule has 0 aliphatic carbocycles. The van der Waals surface area contributed by atoms with E-state index >= 15 is 0 Å². The van der Waals surface area contributed by atoms with Crippen LogP contribution < -0.4 is 20.1 Å². The third-order valence-electron chi connectivity index (χ3n) is 4.19. The number of aromatic nitrogens is 1. The van der Waals surface area contributed by atoms with Crippen molar-refractivity contribution in [2.75, 3.05) is 18.7 Å². The number of rotatable bonds is 4. The van der Waals surface area contributed by atoms with Gasteiger partial charge in [0.2, 0.25) is 6.79 Å². The first kappa shape index (κ1) is 16.0. The Kier molecular flexibility index (Phi) is 4.18. The molecule has 7 heteroatoms. The molecule has 0 radical (unpaired) electrons. The maximum atomic E-state index is 12.0. The summed E-state index contributed by atoms with van der Waals surface area (Å²) in [5, 5.41) is 6.31. The van der Waals surface area contributed by atoms with Gasteiger partial charge in [0, 0.05) is 35.4 Å². The molecule has 7 nitrogen and oxygen atoms in total. The van der Waals surface area contributed by atoms with Crippen molar-refractivity contribution in [1.82, 2.24) is 10.3 Å². The van der Waals surface area contributed by atoms with Crippen LogP contribution in [0.4, 0.5) is 5.69 Å². The summed E-state index contributed by atoms with van der Waals surface area (Å²) in [5.74, 6) is -0.237. The van der Waals surface area contributed by atoms with E-state index in [2.05, 4.69) is 15.6 Å². The number of H-pyrrole nitrogens is 1. The zero-order chi connectivity index (χ0) is 17.9. The summed E-state index contributed by atoms with van der Waals surface area (Å²) in [6, 6.07) is 12.9. The number of hydrogen-bond donors (Lipinski definition) is 3. The van der Waals surface area contributed by atoms with Crippen LogP contribution in [0.1, 0.15) is 5.56 Å². The highest BCUT2D eigenvalue weighted by atomic mass is 16.7. The van der Waals surface area contributed by atoms with Gasteiger partial charge in [-0.2, -0.15) is 0 Å². The molecule has 3 N–H and O–H groups in total. The molecule has 0 spiro atoms. The lowest BCUT2D eigenvalue weighted by atomic mass is 10.1. The topological polar surface area (TPSA) is 92.5 Å². The molecule has 3 aromatic rings. The number of carbonyl (C=O) groups excluding carboxylic acids is 2. The Morgan fingerprint density at radius 1 is 1.04 bits per heavy atom. The van der Waals surface area contributed by atoms with Crippen molar-refractivity contribution in [3.8, 4) is 11.5 Å². The normalized spacial score (nSPS) is 12.2. The molecule has 2 amide bonds. The fourth-order valence-electron chi connectivity index (χ4n) is 2.89. The lowest BCUT2D eigenvalue weighted by molar-refractivity contribution is -0.136. The second-order valence-corrected chi connectivity index (χ2v) is 5.89. The molecule has 132 valence electrons. The summed E-state index contributed by atoms with van der Waals surface area (Å²) < 4.78 is 10.5. The zero-order valence-electron chi connectivity index (χ0n) is 13.9. The Hall–Kier alpha value is -3.48. The van der Waals surface area contributed by atoms with Crippen molar-refractivity contribution < 1.29 is 19.1 Å². The molecule has 0 bridgehead atoms. The van der Waals surface area contributed by atoms with Gasteiger partial charge in [0.25, 0.3) is 0 Å². The lowest BCUT2D eigenvalue weighted by Crippen LogP contribution is -2.36. The van der Waals surface area contributed by atoms with E-state index in [9.17, 15) is 9.59 Å². The van der Waals surface area contributed by atoms with Crippen LogP contribution in [0.5, 0.6) is 11.5 Å². The van der Waals surface area contributed by atoms with E-state index in [0.29, 0.717) is 30.2 Å². The number of hydrogen-bond acceptors (Lipinski definition) is 4. The minimum atomic E-state index is -0.720. The van der Waals surface area contributed by atoms with E-state index in [-0.39, 0.29) is 6.79 Å². The van der Waals surface area contributed by atoms with Gasteiger partial charge in [-0.05, 0) is 30.2 Å². The van der Waals surface area contributed by atoms with Gasteiger partial charge >= 0.3 is 11.8 Å². The van der Waals surface area contributed by atoms with Gasteiger partial charge in [0.1, 0.15) is 0 Å². The number of aromatic amines is 1. The SMILES string of the molecule is O=C(NCCc1c[nH]c2ccccc12)C(=O)Nc1ccc2c(c1)OCO2. The Morgan fingerprint density at radius 3 is 2.81 bits per heavy atom. The molecular formula is C19H17N3O4. The first-order valence-corrected chi connectivity index (χ1v) is 8.24. The number of amides is 2. The third kappa shape index (κ3) is 3.19. The van der Waals surface area contributed by atoms with Gasteiger partial charge < -0.3 is 25.1 Å². The average molecular weight is 351 g/mol. The van der Waals surface area contributed by atoms with Crippen LogP contribution >= 0.6 is 0 Å². The standard InChI is InChI=1S/C19H17N3O4/c23-18(19(24)22-13-5-6-16-17(9-13)26-11-25-16)20-8-7-12-10-21-15-4-2-1-3-14(12)15/h1-6,9-10,21H,7-8,11H2,(H,20,23)(H,22,24). The second-order valence-electron chi connectivity index (χ2n) is 5.89. The Balaban J connectivity index is 1.31. The van der Waals surface area contributed by atoms with E-state index in [1.807, 2.05) is 30.5 Å². The lowest BCUT2D eigenvalue weighted by Gasteiger charge is -2.07. The largest absolute Gasteiger partial charge is 0.454 e. The van der Waals surface area contributed by atoms with E-state index in [1.54, 1.807) is 18.2 Å². The summed E-state index contributed by atoms with van der Waals surface area (Å²) in [6.45, 7) is 0.524. The molecule has 4 rings (SSSR count). The molecule has 0 fully saturated rings. The van der Waals surface area contributed by atoms with E-state index in [1.165, 1.54) is 0 Å². The number of carbonyl (C=O) groups is 2. The minimum Gasteiger partial charge on any atom is -0.454 e. The number of anilines is 1. The predicted molar refractivity (Wildman–Crippen MR) is 96.2 cm³/mol. The molecule has 26 heavy (non-hydrogen) atoms. The van der Waals surface area contributed by atoms with Crippen molar-refractivity contribution in [3.05, 3.63) is 54.2 Å². The van der Waals surface area contributed by atoms with Gasteiger partial charge in [-0.3, -0.25) is 9.59 Å². The van der Waals surface area contributed by atoms with Crippen molar-refractivity contribution in [2.24, 2.45) is 0 Å². The van der Waals surface area contributed by atoms with Gasteiger partial charge in [-0.15, -0.1) is 0 Å². The first-order chi connectivity index (χ1) is 12.7. The molecule has 1 aliphatic heterocycles. The van der Waals surface area contributed by atoms with Crippen LogP contribution in [0.25, 0.3) is 10.9 Å². The highest BCUT2D eigenvalue weighted by Crippen LogP contribution is 2.34. The minimum absolute atomic E-state index is 0.154. The van der Waals surface area contributed by atoms with Crippen molar-refractivity contribution in [3.63, 3.8) is 0 Å². The summed E-state index contributed by atoms with van der Waals surface area (Å²) in [4.78, 5) is 27.2. The van der Waals surface area contributed by atoms with Crippen LogP contribution in [0.2, 0.25) is 0 Å². The van der Waals surface area contributed by atoms with Crippen molar-refractivity contribution in [1.29, 1.82) is 0 Å². The molecule has 1 aliphatic rings. The van der Waals surface area contributed by atoms with Crippen LogP contribution in [0, 0.1) is 0 Å². The fraction of sp³-hybridized carbons (Fsp3) is 0.158. The van der Waals surface area contributed by atoms with E-state index in [0.717, 1.165) is 16.5 Å². The van der Waals surface area contributed by atoms with Crippen LogP contribution in [-0.4, -0.2) is 30.1 Å². The molecule has 0 unspecified atom stereocenters. The maximum absolute atomic E-state index is 12.0. The maximum Gasteiger partial charge on any atom is 0.313 e. The molecule has 0 saturated heterocycles. The third-order valence-corrected chi connectivity index (χ3v) is 4.19. The quantitative estimate of drug-likeness (QED) is 0.628. The summed E-state index contributed by atoms with van der Waals surface area (Å²) in [6.07, 6.45) is 2.55. The first-order valence-electron chi connectivity index (χ1n) is 8.24. The van der Waals surface area contributed by atoms with Crippen LogP contribution in [0.15, 0.2) is 48.7 Å². The predicted octanol–water partition coefficient (Wildman–Crippen LogP) is 2.19. The zero-order valence-corrected chi connectivity index (χ0v) is 13.9. The van der Waals surface area contributed by atoms with Gasteiger partial charge in [0.15, 0.2) is 11.5 Å². The highest BCUT2D eigenvalue weighted by molar-refractivity contribution is 6.39. The molecule has 0 saturated carbocycles. The molecular weight excluding hydrogens is 334 g/mol. The molecule has 2 aromatic carbocycles. The van der Waals surface area contributed by atoms with Crippen molar-refractivity contribution >= 4 is 28.4 Å². The Morgan fingerprint density at radius 2 is 1.88 bits per heavy atom. The number of ether oxygens (including phenoxy) is 2. The molecule has 1 aromatic heterocycles. The molecule has 2 heterocycles. The summed E-state index contributed by atoms with van der Waals surface area (Å²) in [7, 11) is 0. The van der Waals surface area contributed by atoms with E-state index in [4.69, 9.17) is 9.47 Å². The smallest absolute Gasteiger partial charge is 0.313 e. The monoisotopic (exact) mass is 351 g/mol. The van der Waals surface area contributed by atoms with Crippen LogP contribution in [-0.2, 0) is 16.0 Å². The van der Waals surface area contributed by atoms with E-state index < -0.39 is 11.8 Å². The summed E-state index contributed by atoms with van der Waals surface area (Å²) in [5.41, 5.74) is 2.62. The highest BCUT2D eigenvalue weighted by Gasteiger charge is 2.17. The van der Waals surface area contributed by atoms with Crippen LogP contribution in [0.3, 0.4) is 0 Å². The van der Waals surface area contributed by atoms with Crippen molar-refractivity contribution in [2.45, 2.75) is 6.42 Å². The fourth-order valence-corrected chi connectivity index (χ4v) is 2.89. The number of benzene rings is 2. The Labute approximate surface area is 149 Å². The average Bonchev–Trinajstić information content (AvgIpc) is 3.28. The van der Waals surface area contributed by atoms with Gasteiger partial charge in [-0.1, -0.05) is 18.2 Å². The molecule has 0 atom stereocenters. The Bertz CT molecular complexity index is 980. The van der Waals surface area contributed by atoms with Gasteiger partial charge in [-0.25, -0.2) is 0 Å². The second kappa shape index (κ2) is 6.79. The van der Waals surface area contributed by atoms with Gasteiger partial charge in [0.05, 0.1) is 0 Å². The number of nitrogens with one attached hydrogen (secondary N) is 3. The number of para-hydroxylation sites is 1. The number of fused-ring (bicyclic) bond motifs is 2. The summed E-state index contributed by atoms with van der Waals surface area (Å²) >= 11 is 0.